The van der Waals surface area contributed by atoms with Gasteiger partial charge in [-0.05, 0) is 31.2 Å². The van der Waals surface area contributed by atoms with Gasteiger partial charge in [0.25, 0.3) is 0 Å². The SMILES string of the molecule is COc1ccc(-c2nccnc2C)cc1. The van der Waals surface area contributed by atoms with Crippen LogP contribution in [0.4, 0.5) is 0 Å². The lowest BCUT2D eigenvalue weighted by Crippen LogP contribution is -1.90. The predicted octanol–water partition coefficient (Wildman–Crippen LogP) is 2.46. The molecule has 0 saturated carbocycles. The first-order valence-electron chi connectivity index (χ1n) is 4.73. The fourth-order valence-electron chi connectivity index (χ4n) is 1.44. The zero-order chi connectivity index (χ0) is 10.7. The van der Waals surface area contributed by atoms with Crippen LogP contribution in [0.5, 0.6) is 5.75 Å². The van der Waals surface area contributed by atoms with Crippen molar-refractivity contribution < 1.29 is 4.74 Å². The van der Waals surface area contributed by atoms with Gasteiger partial charge in [-0.2, -0.15) is 0 Å². The fourth-order valence-corrected chi connectivity index (χ4v) is 1.44. The molecule has 2 aromatic rings. The van der Waals surface area contributed by atoms with Gasteiger partial charge in [-0.1, -0.05) is 0 Å². The molecule has 3 nitrogen and oxygen atoms in total. The molecule has 0 fully saturated rings. The molecule has 0 aliphatic heterocycles. The van der Waals surface area contributed by atoms with E-state index in [1.165, 1.54) is 0 Å². The first kappa shape index (κ1) is 9.65. The highest BCUT2D eigenvalue weighted by Gasteiger charge is 2.03. The molecule has 0 radical (unpaired) electrons. The molecule has 1 aromatic heterocycles. The Bertz CT molecular complexity index is 451. The van der Waals surface area contributed by atoms with E-state index in [-0.39, 0.29) is 0 Å². The third kappa shape index (κ3) is 1.96. The van der Waals surface area contributed by atoms with Crippen LogP contribution in [0.15, 0.2) is 36.7 Å². The number of hydrogen-bond donors (Lipinski definition) is 0. The van der Waals surface area contributed by atoms with Gasteiger partial charge in [0.2, 0.25) is 0 Å². The average molecular weight is 200 g/mol. The Balaban J connectivity index is 2.42. The summed E-state index contributed by atoms with van der Waals surface area (Å²) in [4.78, 5) is 8.51. The number of nitrogens with zero attached hydrogens (tertiary/aromatic N) is 2. The molecule has 0 bridgehead atoms. The summed E-state index contributed by atoms with van der Waals surface area (Å²) >= 11 is 0. The van der Waals surface area contributed by atoms with Crippen LogP contribution in [0, 0.1) is 6.92 Å². The van der Waals surface area contributed by atoms with Crippen LogP contribution in [0.25, 0.3) is 11.3 Å². The minimum Gasteiger partial charge on any atom is -0.497 e. The van der Waals surface area contributed by atoms with E-state index in [4.69, 9.17) is 4.74 Å². The van der Waals surface area contributed by atoms with Gasteiger partial charge in [0, 0.05) is 18.0 Å². The number of rotatable bonds is 2. The van der Waals surface area contributed by atoms with Gasteiger partial charge in [0.15, 0.2) is 0 Å². The summed E-state index contributed by atoms with van der Waals surface area (Å²) in [6.45, 7) is 1.95. The van der Waals surface area contributed by atoms with Gasteiger partial charge < -0.3 is 4.74 Å². The van der Waals surface area contributed by atoms with Crippen LogP contribution in [0.3, 0.4) is 0 Å². The van der Waals surface area contributed by atoms with Crippen LogP contribution in [-0.2, 0) is 0 Å². The van der Waals surface area contributed by atoms with Crippen molar-refractivity contribution in [1.82, 2.24) is 9.97 Å². The Morgan fingerprint density at radius 3 is 2.27 bits per heavy atom. The fraction of sp³-hybridized carbons (Fsp3) is 0.167. The molecule has 0 aliphatic carbocycles. The van der Waals surface area contributed by atoms with Crippen molar-refractivity contribution in [3.8, 4) is 17.0 Å². The van der Waals surface area contributed by atoms with Crippen molar-refractivity contribution in [2.75, 3.05) is 7.11 Å². The molecule has 0 amide bonds. The molecule has 0 unspecified atom stereocenters. The monoisotopic (exact) mass is 200 g/mol. The van der Waals surface area contributed by atoms with Gasteiger partial charge in [-0.15, -0.1) is 0 Å². The van der Waals surface area contributed by atoms with Gasteiger partial charge in [-0.3, -0.25) is 9.97 Å². The van der Waals surface area contributed by atoms with E-state index < -0.39 is 0 Å². The molecular formula is C12H12N2O. The number of aromatic nitrogens is 2. The summed E-state index contributed by atoms with van der Waals surface area (Å²) in [5.41, 5.74) is 2.91. The lowest BCUT2D eigenvalue weighted by molar-refractivity contribution is 0.415. The molecule has 2 rings (SSSR count). The highest BCUT2D eigenvalue weighted by atomic mass is 16.5. The summed E-state index contributed by atoms with van der Waals surface area (Å²) in [6, 6.07) is 7.80. The maximum absolute atomic E-state index is 5.10. The van der Waals surface area contributed by atoms with Crippen LogP contribution < -0.4 is 4.74 Å². The average Bonchev–Trinajstić information content (AvgIpc) is 2.30. The summed E-state index contributed by atoms with van der Waals surface area (Å²) in [5, 5.41) is 0. The second-order valence-electron chi connectivity index (χ2n) is 3.22. The largest absolute Gasteiger partial charge is 0.497 e. The van der Waals surface area contributed by atoms with E-state index in [1.807, 2.05) is 31.2 Å². The first-order valence-corrected chi connectivity index (χ1v) is 4.73. The number of ether oxygens (including phenoxy) is 1. The minimum atomic E-state index is 0.847. The summed E-state index contributed by atoms with van der Waals surface area (Å²) in [5.74, 6) is 0.847. The quantitative estimate of drug-likeness (QED) is 0.747. The Labute approximate surface area is 88.8 Å². The summed E-state index contributed by atoms with van der Waals surface area (Å²) < 4.78 is 5.10. The van der Waals surface area contributed by atoms with E-state index in [0.717, 1.165) is 22.7 Å². The molecule has 1 aromatic carbocycles. The van der Waals surface area contributed by atoms with E-state index in [0.29, 0.717) is 0 Å². The summed E-state index contributed by atoms with van der Waals surface area (Å²) in [7, 11) is 1.66. The zero-order valence-corrected chi connectivity index (χ0v) is 8.77. The number of benzene rings is 1. The Kier molecular flexibility index (Phi) is 2.63. The van der Waals surface area contributed by atoms with Crippen molar-refractivity contribution in [2.24, 2.45) is 0 Å². The molecule has 1 heterocycles. The lowest BCUT2D eigenvalue weighted by Gasteiger charge is -2.04. The topological polar surface area (TPSA) is 35.0 Å². The van der Waals surface area contributed by atoms with Crippen LogP contribution in [-0.4, -0.2) is 17.1 Å². The van der Waals surface area contributed by atoms with E-state index in [2.05, 4.69) is 9.97 Å². The van der Waals surface area contributed by atoms with E-state index >= 15 is 0 Å². The van der Waals surface area contributed by atoms with Crippen molar-refractivity contribution in [2.45, 2.75) is 6.92 Å². The number of hydrogen-bond acceptors (Lipinski definition) is 3. The van der Waals surface area contributed by atoms with Crippen LogP contribution >= 0.6 is 0 Å². The predicted molar refractivity (Wildman–Crippen MR) is 58.8 cm³/mol. The molecular weight excluding hydrogens is 188 g/mol. The van der Waals surface area contributed by atoms with Crippen molar-refractivity contribution >= 4 is 0 Å². The maximum Gasteiger partial charge on any atom is 0.118 e. The maximum atomic E-state index is 5.10. The number of aryl methyl sites for hydroxylation is 1. The van der Waals surface area contributed by atoms with Gasteiger partial charge >= 0.3 is 0 Å². The Hall–Kier alpha value is -1.90. The third-order valence-electron chi connectivity index (χ3n) is 2.24. The molecule has 0 N–H and O–H groups in total. The molecule has 0 aliphatic rings. The van der Waals surface area contributed by atoms with Crippen molar-refractivity contribution in [3.63, 3.8) is 0 Å². The standard InChI is InChI=1S/C12H12N2O/c1-9-12(14-8-7-13-9)10-3-5-11(15-2)6-4-10/h3-8H,1-2H3. The Morgan fingerprint density at radius 1 is 1.00 bits per heavy atom. The normalized spacial score (nSPS) is 10.0. The van der Waals surface area contributed by atoms with E-state index in [1.54, 1.807) is 19.5 Å². The van der Waals surface area contributed by atoms with Gasteiger partial charge in [0.1, 0.15) is 5.75 Å². The second kappa shape index (κ2) is 4.09. The molecule has 0 spiro atoms. The first-order chi connectivity index (χ1) is 7.31. The highest BCUT2D eigenvalue weighted by molar-refractivity contribution is 5.61. The highest BCUT2D eigenvalue weighted by Crippen LogP contribution is 2.21. The zero-order valence-electron chi connectivity index (χ0n) is 8.77. The molecule has 3 heteroatoms. The smallest absolute Gasteiger partial charge is 0.118 e. The third-order valence-corrected chi connectivity index (χ3v) is 2.24. The van der Waals surface area contributed by atoms with Crippen LogP contribution in [0.1, 0.15) is 5.69 Å². The molecule has 76 valence electrons. The molecule has 15 heavy (non-hydrogen) atoms. The van der Waals surface area contributed by atoms with Gasteiger partial charge in [-0.25, -0.2) is 0 Å². The van der Waals surface area contributed by atoms with Gasteiger partial charge in [0.05, 0.1) is 18.5 Å². The molecule has 0 atom stereocenters. The van der Waals surface area contributed by atoms with E-state index in [9.17, 15) is 0 Å². The minimum absolute atomic E-state index is 0.847. The van der Waals surface area contributed by atoms with Crippen molar-refractivity contribution in [3.05, 3.63) is 42.4 Å². The van der Waals surface area contributed by atoms with Crippen molar-refractivity contribution in [1.29, 1.82) is 0 Å². The second-order valence-corrected chi connectivity index (χ2v) is 3.22. The summed E-state index contributed by atoms with van der Waals surface area (Å²) in [6.07, 6.45) is 3.40. The number of methoxy groups -OCH3 is 1. The Morgan fingerprint density at radius 2 is 1.67 bits per heavy atom. The molecule has 0 saturated heterocycles. The lowest BCUT2D eigenvalue weighted by atomic mass is 10.1. The van der Waals surface area contributed by atoms with Crippen LogP contribution in [0.2, 0.25) is 0 Å².